The first-order chi connectivity index (χ1) is 11.1. The zero-order valence-electron chi connectivity index (χ0n) is 12.0. The third-order valence-electron chi connectivity index (χ3n) is 3.75. The van der Waals surface area contributed by atoms with Crippen LogP contribution in [0.3, 0.4) is 0 Å². The summed E-state index contributed by atoms with van der Waals surface area (Å²) in [7, 11) is 0. The molecule has 4 rings (SSSR count). The fourth-order valence-electron chi connectivity index (χ4n) is 2.57. The molecule has 0 spiro atoms. The van der Waals surface area contributed by atoms with Gasteiger partial charge in [0, 0.05) is 12.4 Å². The highest BCUT2D eigenvalue weighted by Gasteiger charge is 2.10. The maximum absolute atomic E-state index is 12.6. The van der Waals surface area contributed by atoms with Crippen molar-refractivity contribution in [1.29, 1.82) is 0 Å². The average Bonchev–Trinajstić information content (AvgIpc) is 3.06. The lowest BCUT2D eigenvalue weighted by Gasteiger charge is -2.07. The fraction of sp³-hybridized carbons (Fsp3) is 0.0625. The Morgan fingerprint density at radius 3 is 2.52 bits per heavy atom. The van der Waals surface area contributed by atoms with Gasteiger partial charge in [0.15, 0.2) is 0 Å². The molecule has 0 aliphatic rings. The second kappa shape index (κ2) is 4.84. The third kappa shape index (κ3) is 2.10. The van der Waals surface area contributed by atoms with E-state index in [9.17, 15) is 9.59 Å². The number of nitrogen functional groups attached to an aromatic ring is 1. The molecule has 0 aliphatic heterocycles. The maximum Gasteiger partial charge on any atom is 0.278 e. The van der Waals surface area contributed by atoms with E-state index in [1.54, 1.807) is 42.8 Å². The highest BCUT2D eigenvalue weighted by Crippen LogP contribution is 2.14. The molecule has 0 bridgehead atoms. The minimum Gasteiger partial charge on any atom is -0.467 e. The summed E-state index contributed by atoms with van der Waals surface area (Å²) >= 11 is 0. The number of furan rings is 1. The van der Waals surface area contributed by atoms with Crippen molar-refractivity contribution in [1.82, 2.24) is 14.2 Å². The summed E-state index contributed by atoms with van der Waals surface area (Å²) in [6.45, 7) is 0.315. The summed E-state index contributed by atoms with van der Waals surface area (Å²) in [5.74, 6) is 6.24. The number of nitrogens with two attached hydrogens (primary N) is 1. The van der Waals surface area contributed by atoms with Crippen LogP contribution in [-0.2, 0) is 6.54 Å². The van der Waals surface area contributed by atoms with Crippen LogP contribution in [0.1, 0.15) is 5.76 Å². The highest BCUT2D eigenvalue weighted by molar-refractivity contribution is 5.91. The Morgan fingerprint density at radius 1 is 1.04 bits per heavy atom. The first-order valence-electron chi connectivity index (χ1n) is 6.96. The molecule has 114 valence electrons. The van der Waals surface area contributed by atoms with E-state index in [0.29, 0.717) is 34.1 Å². The summed E-state index contributed by atoms with van der Waals surface area (Å²) < 4.78 is 7.75. The minimum absolute atomic E-state index is 0.236. The van der Waals surface area contributed by atoms with E-state index >= 15 is 0 Å². The van der Waals surface area contributed by atoms with Crippen LogP contribution in [0.25, 0.3) is 21.8 Å². The molecule has 0 fully saturated rings. The average molecular weight is 308 g/mol. The van der Waals surface area contributed by atoms with Crippen LogP contribution in [0.4, 0.5) is 0 Å². The van der Waals surface area contributed by atoms with Gasteiger partial charge >= 0.3 is 0 Å². The van der Waals surface area contributed by atoms with Crippen molar-refractivity contribution in [2.75, 3.05) is 5.84 Å². The standard InChI is InChI=1S/C16H12N4O3/c17-20-6-4-14-12(16(20)22)8-11-13(18-14)3-5-19(15(11)21)9-10-2-1-7-23-10/h1-8H,9,17H2. The summed E-state index contributed by atoms with van der Waals surface area (Å²) in [6.07, 6.45) is 4.66. The van der Waals surface area contributed by atoms with Crippen LogP contribution >= 0.6 is 0 Å². The zero-order chi connectivity index (χ0) is 16.0. The lowest BCUT2D eigenvalue weighted by Crippen LogP contribution is -2.27. The normalized spacial score (nSPS) is 11.3. The van der Waals surface area contributed by atoms with Crippen LogP contribution in [0.15, 0.2) is 63.0 Å². The molecule has 0 radical (unpaired) electrons. The van der Waals surface area contributed by atoms with Gasteiger partial charge in [-0.05, 0) is 30.3 Å². The summed E-state index contributed by atoms with van der Waals surface area (Å²) in [5, 5.41) is 0.685. The predicted octanol–water partition coefficient (Wildman–Crippen LogP) is 1.07. The molecule has 0 amide bonds. The monoisotopic (exact) mass is 308 g/mol. The molecular weight excluding hydrogens is 296 g/mol. The zero-order valence-corrected chi connectivity index (χ0v) is 12.0. The molecule has 7 heteroatoms. The number of hydrogen-bond donors (Lipinski definition) is 1. The Kier molecular flexibility index (Phi) is 2.80. The number of nitrogens with zero attached hydrogens (tertiary/aromatic N) is 3. The third-order valence-corrected chi connectivity index (χ3v) is 3.75. The molecule has 0 unspecified atom stereocenters. The van der Waals surface area contributed by atoms with Crippen molar-refractivity contribution in [2.24, 2.45) is 0 Å². The van der Waals surface area contributed by atoms with Crippen molar-refractivity contribution in [3.8, 4) is 0 Å². The lowest BCUT2D eigenvalue weighted by molar-refractivity contribution is 0.490. The molecule has 4 aromatic rings. The van der Waals surface area contributed by atoms with Gasteiger partial charge < -0.3 is 14.8 Å². The number of fused-ring (bicyclic) bond motifs is 2. The Balaban J connectivity index is 1.98. The van der Waals surface area contributed by atoms with Crippen molar-refractivity contribution in [3.63, 3.8) is 0 Å². The molecule has 23 heavy (non-hydrogen) atoms. The smallest absolute Gasteiger partial charge is 0.278 e. The molecule has 0 aromatic carbocycles. The van der Waals surface area contributed by atoms with Gasteiger partial charge in [0.1, 0.15) is 5.76 Å². The number of rotatable bonds is 2. The van der Waals surface area contributed by atoms with Gasteiger partial charge in [-0.25, -0.2) is 9.66 Å². The molecule has 0 aliphatic carbocycles. The molecule has 0 saturated carbocycles. The molecular formula is C16H12N4O3. The van der Waals surface area contributed by atoms with Gasteiger partial charge in [0.2, 0.25) is 0 Å². The quantitative estimate of drug-likeness (QED) is 0.441. The predicted molar refractivity (Wildman–Crippen MR) is 85.7 cm³/mol. The van der Waals surface area contributed by atoms with Crippen molar-refractivity contribution in [2.45, 2.75) is 6.54 Å². The summed E-state index contributed by atoms with van der Waals surface area (Å²) in [6, 6.07) is 8.49. The van der Waals surface area contributed by atoms with E-state index in [0.717, 1.165) is 4.68 Å². The first kappa shape index (κ1) is 13.3. The fourth-order valence-corrected chi connectivity index (χ4v) is 2.57. The van der Waals surface area contributed by atoms with Gasteiger partial charge in [-0.15, -0.1) is 0 Å². The molecule has 7 nitrogen and oxygen atoms in total. The largest absolute Gasteiger partial charge is 0.467 e. The van der Waals surface area contributed by atoms with E-state index in [4.69, 9.17) is 10.3 Å². The number of aromatic nitrogens is 3. The van der Waals surface area contributed by atoms with Crippen LogP contribution < -0.4 is 17.0 Å². The van der Waals surface area contributed by atoms with Crippen LogP contribution in [-0.4, -0.2) is 14.2 Å². The van der Waals surface area contributed by atoms with E-state index in [1.165, 1.54) is 10.8 Å². The lowest BCUT2D eigenvalue weighted by atomic mass is 10.2. The van der Waals surface area contributed by atoms with Crippen LogP contribution in [0.2, 0.25) is 0 Å². The topological polar surface area (TPSA) is 96.1 Å². The van der Waals surface area contributed by atoms with Crippen LogP contribution in [0, 0.1) is 0 Å². The summed E-state index contributed by atoms with van der Waals surface area (Å²) in [4.78, 5) is 29.1. The van der Waals surface area contributed by atoms with Gasteiger partial charge in [-0.3, -0.25) is 9.59 Å². The molecule has 4 heterocycles. The SMILES string of the molecule is Nn1ccc2nc3ccn(Cc4ccco4)c(=O)c3cc2c1=O. The van der Waals surface area contributed by atoms with Gasteiger partial charge in [0.25, 0.3) is 11.1 Å². The molecule has 0 atom stereocenters. The Bertz CT molecular complexity index is 1140. The van der Waals surface area contributed by atoms with Gasteiger partial charge in [-0.1, -0.05) is 0 Å². The van der Waals surface area contributed by atoms with E-state index in [-0.39, 0.29) is 5.56 Å². The first-order valence-corrected chi connectivity index (χ1v) is 6.96. The van der Waals surface area contributed by atoms with Crippen LogP contribution in [0.5, 0.6) is 0 Å². The number of pyridine rings is 3. The van der Waals surface area contributed by atoms with Crippen molar-refractivity contribution >= 4 is 21.8 Å². The molecule has 4 aromatic heterocycles. The van der Waals surface area contributed by atoms with Gasteiger partial charge in [0.05, 0.1) is 34.6 Å². The van der Waals surface area contributed by atoms with E-state index < -0.39 is 5.56 Å². The Hall–Kier alpha value is -3.35. The highest BCUT2D eigenvalue weighted by atomic mass is 16.3. The molecule has 2 N–H and O–H groups in total. The Morgan fingerprint density at radius 2 is 1.78 bits per heavy atom. The maximum atomic E-state index is 12.6. The van der Waals surface area contributed by atoms with Gasteiger partial charge in [-0.2, -0.15) is 0 Å². The van der Waals surface area contributed by atoms with Crippen molar-refractivity contribution < 1.29 is 4.42 Å². The second-order valence-corrected chi connectivity index (χ2v) is 5.21. The van der Waals surface area contributed by atoms with E-state index in [1.807, 2.05) is 0 Å². The van der Waals surface area contributed by atoms with E-state index in [2.05, 4.69) is 4.98 Å². The molecule has 0 saturated heterocycles. The second-order valence-electron chi connectivity index (χ2n) is 5.21. The summed E-state index contributed by atoms with van der Waals surface area (Å²) in [5.41, 5.74) is 0.414. The Labute approximate surface area is 129 Å². The number of hydrogen-bond acceptors (Lipinski definition) is 5. The van der Waals surface area contributed by atoms with Crippen molar-refractivity contribution in [3.05, 3.63) is 75.5 Å². The minimum atomic E-state index is -0.391.